The zero-order chi connectivity index (χ0) is 23.6. The van der Waals surface area contributed by atoms with E-state index in [4.69, 9.17) is 4.74 Å². The molecule has 33 heavy (non-hydrogen) atoms. The lowest BCUT2D eigenvalue weighted by Crippen LogP contribution is -2.47. The number of methoxy groups -OCH3 is 1. The van der Waals surface area contributed by atoms with Gasteiger partial charge in [0.25, 0.3) is 5.91 Å². The van der Waals surface area contributed by atoms with Crippen LogP contribution in [0, 0.1) is 17.2 Å². The summed E-state index contributed by atoms with van der Waals surface area (Å²) in [6, 6.07) is 10.1. The van der Waals surface area contributed by atoms with Gasteiger partial charge >= 0.3 is 0 Å². The van der Waals surface area contributed by atoms with Crippen LogP contribution in [0.1, 0.15) is 49.0 Å². The van der Waals surface area contributed by atoms with Gasteiger partial charge in [-0.1, -0.05) is 26.0 Å². The van der Waals surface area contributed by atoms with E-state index < -0.39 is 5.41 Å². The van der Waals surface area contributed by atoms with Crippen LogP contribution < -0.4 is 4.74 Å². The highest BCUT2D eigenvalue weighted by molar-refractivity contribution is 5.94. The highest BCUT2D eigenvalue weighted by Crippen LogP contribution is 2.45. The van der Waals surface area contributed by atoms with Gasteiger partial charge in [0.05, 0.1) is 18.1 Å². The first-order valence-electron chi connectivity index (χ1n) is 11.7. The second kappa shape index (κ2) is 9.49. The highest BCUT2D eigenvalue weighted by Gasteiger charge is 2.52. The van der Waals surface area contributed by atoms with Gasteiger partial charge < -0.3 is 14.5 Å². The van der Waals surface area contributed by atoms with Gasteiger partial charge in [-0.25, -0.2) is 9.37 Å². The van der Waals surface area contributed by atoms with Crippen molar-refractivity contribution < 1.29 is 18.7 Å². The number of carbonyl (C=O) groups is 2. The maximum absolute atomic E-state index is 13.7. The van der Waals surface area contributed by atoms with E-state index in [-0.39, 0.29) is 23.7 Å². The third-order valence-corrected chi connectivity index (χ3v) is 6.90. The van der Waals surface area contributed by atoms with Crippen molar-refractivity contribution in [2.75, 3.05) is 26.7 Å². The van der Waals surface area contributed by atoms with Crippen LogP contribution in [0.15, 0.2) is 42.6 Å². The number of carbonyl (C=O) groups excluding carboxylic acids is 2. The minimum absolute atomic E-state index is 0.0507. The molecule has 1 spiro atoms. The zero-order valence-corrected chi connectivity index (χ0v) is 19.6. The molecule has 2 saturated heterocycles. The van der Waals surface area contributed by atoms with E-state index in [2.05, 4.69) is 18.8 Å². The van der Waals surface area contributed by atoms with Crippen molar-refractivity contribution in [3.8, 4) is 5.88 Å². The Morgan fingerprint density at radius 3 is 2.61 bits per heavy atom. The lowest BCUT2D eigenvalue weighted by molar-refractivity contribution is -0.139. The molecule has 0 aliphatic carbocycles. The Hall–Kier alpha value is -2.96. The summed E-state index contributed by atoms with van der Waals surface area (Å²) < 4.78 is 18.8. The molecule has 1 aromatic carbocycles. The fourth-order valence-corrected chi connectivity index (χ4v) is 5.23. The SMILES string of the molecule is COc1ccc(C(=O)N2CCC3(CC2)C[C@H](Cc2cccc(F)c2)N(CC(C)C)C3=O)cn1. The van der Waals surface area contributed by atoms with Crippen LogP contribution in [0.4, 0.5) is 4.39 Å². The van der Waals surface area contributed by atoms with Gasteiger partial charge in [-0.05, 0) is 55.4 Å². The predicted molar refractivity (Wildman–Crippen MR) is 123 cm³/mol. The third kappa shape index (κ3) is 4.87. The van der Waals surface area contributed by atoms with E-state index in [1.165, 1.54) is 19.4 Å². The molecule has 6 nitrogen and oxygen atoms in total. The number of likely N-dealkylation sites (tertiary alicyclic amines) is 2. The molecule has 0 radical (unpaired) electrons. The molecule has 2 aliphatic heterocycles. The van der Waals surface area contributed by atoms with Gasteiger partial charge in [-0.2, -0.15) is 0 Å². The number of rotatable bonds is 6. The largest absolute Gasteiger partial charge is 0.481 e. The van der Waals surface area contributed by atoms with Gasteiger partial charge in [0.1, 0.15) is 5.82 Å². The number of benzene rings is 1. The van der Waals surface area contributed by atoms with Crippen LogP contribution in [0.3, 0.4) is 0 Å². The molecule has 0 bridgehead atoms. The second-order valence-corrected chi connectivity index (χ2v) is 9.71. The van der Waals surface area contributed by atoms with E-state index in [0.29, 0.717) is 56.3 Å². The summed E-state index contributed by atoms with van der Waals surface area (Å²) in [4.78, 5) is 34.5. The summed E-state index contributed by atoms with van der Waals surface area (Å²) in [7, 11) is 1.54. The quantitative estimate of drug-likeness (QED) is 0.665. The van der Waals surface area contributed by atoms with E-state index in [9.17, 15) is 14.0 Å². The summed E-state index contributed by atoms with van der Waals surface area (Å²) in [5.41, 5.74) is 0.995. The topological polar surface area (TPSA) is 62.7 Å². The van der Waals surface area contributed by atoms with Crippen molar-refractivity contribution in [1.29, 1.82) is 0 Å². The zero-order valence-electron chi connectivity index (χ0n) is 19.6. The minimum atomic E-state index is -0.443. The van der Waals surface area contributed by atoms with Crippen LogP contribution in [-0.2, 0) is 11.2 Å². The standard InChI is InChI=1S/C26H32FN3O3/c1-18(2)17-30-22(14-19-5-4-6-21(27)13-19)15-26(25(30)32)9-11-29(12-10-26)24(31)20-7-8-23(33-3)28-16-20/h4-8,13,16,18,22H,9-12,14-15,17H2,1-3H3/t22-/m0/s1. The summed E-state index contributed by atoms with van der Waals surface area (Å²) >= 11 is 0. The molecular weight excluding hydrogens is 421 g/mol. The number of hydrogen-bond donors (Lipinski definition) is 0. The first kappa shape index (κ1) is 23.2. The minimum Gasteiger partial charge on any atom is -0.481 e. The molecular formula is C26H32FN3O3. The number of piperidine rings is 1. The average molecular weight is 454 g/mol. The van der Waals surface area contributed by atoms with Gasteiger partial charge in [0.15, 0.2) is 0 Å². The molecule has 2 aliphatic rings. The molecule has 2 aromatic rings. The molecule has 3 heterocycles. The fourth-order valence-electron chi connectivity index (χ4n) is 5.23. The van der Waals surface area contributed by atoms with Crippen molar-refractivity contribution >= 4 is 11.8 Å². The molecule has 0 saturated carbocycles. The number of ether oxygens (including phenoxy) is 1. The molecule has 2 amide bonds. The predicted octanol–water partition coefficient (Wildman–Crippen LogP) is 3.95. The lowest BCUT2D eigenvalue weighted by atomic mass is 9.75. The monoisotopic (exact) mass is 453 g/mol. The van der Waals surface area contributed by atoms with Crippen molar-refractivity contribution in [2.45, 2.75) is 45.6 Å². The molecule has 0 unspecified atom stereocenters. The van der Waals surface area contributed by atoms with Gasteiger partial charge in [-0.15, -0.1) is 0 Å². The van der Waals surface area contributed by atoms with E-state index in [1.54, 1.807) is 24.3 Å². The van der Waals surface area contributed by atoms with Gasteiger partial charge in [-0.3, -0.25) is 9.59 Å². The van der Waals surface area contributed by atoms with Crippen molar-refractivity contribution in [3.63, 3.8) is 0 Å². The van der Waals surface area contributed by atoms with Gasteiger partial charge in [0.2, 0.25) is 11.8 Å². The maximum atomic E-state index is 13.7. The van der Waals surface area contributed by atoms with Crippen molar-refractivity contribution in [1.82, 2.24) is 14.8 Å². The van der Waals surface area contributed by atoms with E-state index in [0.717, 1.165) is 12.0 Å². The highest BCUT2D eigenvalue weighted by atomic mass is 19.1. The van der Waals surface area contributed by atoms with Crippen molar-refractivity contribution in [2.24, 2.45) is 11.3 Å². The Labute approximate surface area is 194 Å². The second-order valence-electron chi connectivity index (χ2n) is 9.71. The Kier molecular flexibility index (Phi) is 6.68. The first-order valence-corrected chi connectivity index (χ1v) is 11.7. The smallest absolute Gasteiger partial charge is 0.255 e. The first-order chi connectivity index (χ1) is 15.8. The molecule has 1 aromatic heterocycles. The summed E-state index contributed by atoms with van der Waals surface area (Å²) in [6.45, 7) is 6.00. The number of halogens is 1. The Bertz CT molecular complexity index is 1000. The number of aromatic nitrogens is 1. The lowest BCUT2D eigenvalue weighted by Gasteiger charge is -2.38. The molecule has 2 fully saturated rings. The molecule has 0 N–H and O–H groups in total. The number of nitrogens with zero attached hydrogens (tertiary/aromatic N) is 3. The molecule has 176 valence electrons. The maximum Gasteiger partial charge on any atom is 0.255 e. The van der Waals surface area contributed by atoms with Crippen LogP contribution in [0.5, 0.6) is 5.88 Å². The summed E-state index contributed by atoms with van der Waals surface area (Å²) in [5, 5.41) is 0. The Morgan fingerprint density at radius 1 is 1.24 bits per heavy atom. The third-order valence-electron chi connectivity index (χ3n) is 6.90. The van der Waals surface area contributed by atoms with Crippen LogP contribution in [-0.4, -0.2) is 59.4 Å². The molecule has 1 atom stereocenters. The average Bonchev–Trinajstić information content (AvgIpc) is 3.04. The normalized spacial score (nSPS) is 20.0. The fraction of sp³-hybridized carbons (Fsp3) is 0.500. The summed E-state index contributed by atoms with van der Waals surface area (Å²) in [5.74, 6) is 0.692. The van der Waals surface area contributed by atoms with Crippen LogP contribution >= 0.6 is 0 Å². The van der Waals surface area contributed by atoms with Crippen LogP contribution in [0.25, 0.3) is 0 Å². The number of hydrogen-bond acceptors (Lipinski definition) is 4. The number of amides is 2. The Morgan fingerprint density at radius 2 is 2.00 bits per heavy atom. The van der Waals surface area contributed by atoms with Crippen LogP contribution in [0.2, 0.25) is 0 Å². The van der Waals surface area contributed by atoms with E-state index in [1.807, 2.05) is 15.9 Å². The van der Waals surface area contributed by atoms with E-state index >= 15 is 0 Å². The summed E-state index contributed by atoms with van der Waals surface area (Å²) in [6.07, 6.45) is 4.23. The number of pyridine rings is 1. The molecule has 4 rings (SSSR count). The molecule has 7 heteroatoms. The van der Waals surface area contributed by atoms with Crippen molar-refractivity contribution in [3.05, 3.63) is 59.5 Å². The Balaban J connectivity index is 1.47. The van der Waals surface area contributed by atoms with Gasteiger partial charge in [0, 0.05) is 37.9 Å².